The predicted octanol–water partition coefficient (Wildman–Crippen LogP) is 1.89. The Morgan fingerprint density at radius 2 is 1.74 bits per heavy atom. The molecule has 0 saturated carbocycles. The van der Waals surface area contributed by atoms with Crippen molar-refractivity contribution in [3.8, 4) is 0 Å². The van der Waals surface area contributed by atoms with Gasteiger partial charge in [0.2, 0.25) is 0 Å². The molecule has 0 radical (unpaired) electrons. The highest BCUT2D eigenvalue weighted by molar-refractivity contribution is 4.71. The number of unbranched alkanes of at least 4 members (excludes halogenated alkanes) is 2. The fourth-order valence-electron chi connectivity index (χ4n) is 2.52. The quantitative estimate of drug-likeness (QED) is 0.582. The Morgan fingerprint density at radius 3 is 2.37 bits per heavy atom. The van der Waals surface area contributed by atoms with Crippen molar-refractivity contribution in [1.82, 2.24) is 10.2 Å². The van der Waals surface area contributed by atoms with E-state index in [0.29, 0.717) is 6.10 Å². The molecular formula is C15H32N2O2. The van der Waals surface area contributed by atoms with E-state index >= 15 is 0 Å². The van der Waals surface area contributed by atoms with Crippen molar-refractivity contribution in [2.24, 2.45) is 0 Å². The lowest BCUT2D eigenvalue weighted by atomic mass is 10.1. The number of ether oxygens (including phenoxy) is 2. The maximum atomic E-state index is 5.64. The van der Waals surface area contributed by atoms with E-state index < -0.39 is 0 Å². The molecule has 0 atom stereocenters. The van der Waals surface area contributed by atoms with Gasteiger partial charge in [-0.3, -0.25) is 0 Å². The van der Waals surface area contributed by atoms with Crippen molar-refractivity contribution in [2.45, 2.75) is 44.6 Å². The van der Waals surface area contributed by atoms with Crippen LogP contribution < -0.4 is 5.32 Å². The summed E-state index contributed by atoms with van der Waals surface area (Å²) in [5.74, 6) is 0. The summed E-state index contributed by atoms with van der Waals surface area (Å²) in [6.07, 6.45) is 7.72. The zero-order chi connectivity index (χ0) is 13.8. The summed E-state index contributed by atoms with van der Waals surface area (Å²) >= 11 is 0. The van der Waals surface area contributed by atoms with Gasteiger partial charge in [-0.25, -0.2) is 0 Å². The molecule has 0 aliphatic carbocycles. The van der Waals surface area contributed by atoms with Crippen LogP contribution in [-0.2, 0) is 9.47 Å². The van der Waals surface area contributed by atoms with Crippen molar-refractivity contribution in [3.63, 3.8) is 0 Å². The average molecular weight is 272 g/mol. The first-order valence-electron chi connectivity index (χ1n) is 7.84. The van der Waals surface area contributed by atoms with E-state index in [1.54, 1.807) is 0 Å². The molecule has 1 rings (SSSR count). The number of nitrogens with zero attached hydrogens (tertiary/aromatic N) is 1. The summed E-state index contributed by atoms with van der Waals surface area (Å²) in [5.41, 5.74) is 0. The number of hydrogen-bond acceptors (Lipinski definition) is 4. The minimum absolute atomic E-state index is 0.497. The van der Waals surface area contributed by atoms with Crippen molar-refractivity contribution >= 4 is 0 Å². The van der Waals surface area contributed by atoms with E-state index in [1.165, 1.54) is 58.2 Å². The smallest absolute Gasteiger partial charge is 0.0595 e. The Bertz CT molecular complexity index is 195. The zero-order valence-corrected chi connectivity index (χ0v) is 12.8. The Morgan fingerprint density at radius 1 is 1.05 bits per heavy atom. The van der Waals surface area contributed by atoms with Crippen molar-refractivity contribution in [1.29, 1.82) is 0 Å². The van der Waals surface area contributed by atoms with Gasteiger partial charge in [0.1, 0.15) is 0 Å². The molecule has 0 spiro atoms. The third-order valence-electron chi connectivity index (χ3n) is 3.85. The molecule has 0 aromatic heterocycles. The second-order valence-electron chi connectivity index (χ2n) is 5.41. The normalized spacial score (nSPS) is 18.0. The second kappa shape index (κ2) is 11.6. The van der Waals surface area contributed by atoms with Gasteiger partial charge < -0.3 is 19.7 Å². The summed E-state index contributed by atoms with van der Waals surface area (Å²) in [6.45, 7) is 6.56. The number of rotatable bonds is 11. The molecule has 0 unspecified atom stereocenters. The molecule has 0 aromatic carbocycles. The molecule has 1 saturated heterocycles. The molecule has 1 aliphatic rings. The van der Waals surface area contributed by atoms with Gasteiger partial charge >= 0.3 is 0 Å². The Labute approximate surface area is 118 Å². The second-order valence-corrected chi connectivity index (χ2v) is 5.41. The highest BCUT2D eigenvalue weighted by Gasteiger charge is 2.17. The molecule has 4 heteroatoms. The maximum absolute atomic E-state index is 5.64. The van der Waals surface area contributed by atoms with Crippen molar-refractivity contribution < 1.29 is 9.47 Å². The predicted molar refractivity (Wildman–Crippen MR) is 79.7 cm³/mol. The maximum Gasteiger partial charge on any atom is 0.0595 e. The topological polar surface area (TPSA) is 33.7 Å². The summed E-state index contributed by atoms with van der Waals surface area (Å²) < 4.78 is 11.0. The fraction of sp³-hybridized carbons (Fsp3) is 1.00. The molecule has 19 heavy (non-hydrogen) atoms. The van der Waals surface area contributed by atoms with Crippen LogP contribution >= 0.6 is 0 Å². The van der Waals surface area contributed by atoms with E-state index in [1.807, 2.05) is 14.2 Å². The van der Waals surface area contributed by atoms with Crippen LogP contribution in [0.1, 0.15) is 38.5 Å². The standard InChI is InChI=1S/C15H32N2O2/c1-16-9-3-5-13-19-14-6-4-10-17-11-7-15(18-2)8-12-17/h15-16H,3-14H2,1-2H3. The fourth-order valence-corrected chi connectivity index (χ4v) is 2.52. The first-order chi connectivity index (χ1) is 9.36. The van der Waals surface area contributed by atoms with E-state index in [-0.39, 0.29) is 0 Å². The third-order valence-corrected chi connectivity index (χ3v) is 3.85. The highest BCUT2D eigenvalue weighted by atomic mass is 16.5. The van der Waals surface area contributed by atoms with Crippen LogP contribution in [0.3, 0.4) is 0 Å². The number of nitrogens with one attached hydrogen (secondary N) is 1. The Kier molecular flexibility index (Phi) is 10.4. The van der Waals surface area contributed by atoms with E-state index in [9.17, 15) is 0 Å². The van der Waals surface area contributed by atoms with Gasteiger partial charge in [-0.1, -0.05) is 0 Å². The number of methoxy groups -OCH3 is 1. The summed E-state index contributed by atoms with van der Waals surface area (Å²) in [6, 6.07) is 0. The third kappa shape index (κ3) is 8.58. The number of likely N-dealkylation sites (tertiary alicyclic amines) is 1. The molecular weight excluding hydrogens is 240 g/mol. The summed E-state index contributed by atoms with van der Waals surface area (Å²) in [4.78, 5) is 2.56. The van der Waals surface area contributed by atoms with Gasteiger partial charge in [0.25, 0.3) is 0 Å². The molecule has 0 aromatic rings. The number of hydrogen-bond donors (Lipinski definition) is 1. The van der Waals surface area contributed by atoms with Crippen LogP contribution in [0.15, 0.2) is 0 Å². The summed E-state index contributed by atoms with van der Waals surface area (Å²) in [5, 5.41) is 3.15. The first kappa shape index (κ1) is 16.9. The van der Waals surface area contributed by atoms with Gasteiger partial charge in [0, 0.05) is 33.4 Å². The van der Waals surface area contributed by atoms with Crippen LogP contribution in [0.5, 0.6) is 0 Å². The van der Waals surface area contributed by atoms with Crippen molar-refractivity contribution in [2.75, 3.05) is 53.6 Å². The van der Waals surface area contributed by atoms with Crippen LogP contribution in [-0.4, -0.2) is 64.6 Å². The Hall–Kier alpha value is -0.160. The molecule has 4 nitrogen and oxygen atoms in total. The SMILES string of the molecule is CNCCCCOCCCCN1CCC(OC)CC1. The van der Waals surface area contributed by atoms with Crippen LogP contribution in [0.25, 0.3) is 0 Å². The minimum Gasteiger partial charge on any atom is -0.381 e. The van der Waals surface area contributed by atoms with Gasteiger partial charge in [0.15, 0.2) is 0 Å². The lowest BCUT2D eigenvalue weighted by Crippen LogP contribution is -2.37. The minimum atomic E-state index is 0.497. The first-order valence-corrected chi connectivity index (χ1v) is 7.84. The lowest BCUT2D eigenvalue weighted by Gasteiger charge is -2.31. The molecule has 0 amide bonds. The van der Waals surface area contributed by atoms with E-state index in [0.717, 1.165) is 19.8 Å². The molecule has 1 heterocycles. The van der Waals surface area contributed by atoms with Crippen molar-refractivity contribution in [3.05, 3.63) is 0 Å². The van der Waals surface area contributed by atoms with Gasteiger partial charge in [-0.2, -0.15) is 0 Å². The van der Waals surface area contributed by atoms with Crippen LogP contribution in [0, 0.1) is 0 Å². The molecule has 1 aliphatic heterocycles. The van der Waals surface area contributed by atoms with E-state index in [2.05, 4.69) is 10.2 Å². The zero-order valence-electron chi connectivity index (χ0n) is 12.8. The molecule has 1 N–H and O–H groups in total. The number of piperidine rings is 1. The molecule has 1 fully saturated rings. The molecule has 0 bridgehead atoms. The van der Waals surface area contributed by atoms with Crippen LogP contribution in [0.2, 0.25) is 0 Å². The van der Waals surface area contributed by atoms with E-state index in [4.69, 9.17) is 9.47 Å². The monoisotopic (exact) mass is 272 g/mol. The van der Waals surface area contributed by atoms with Gasteiger partial charge in [0.05, 0.1) is 6.10 Å². The largest absolute Gasteiger partial charge is 0.381 e. The van der Waals surface area contributed by atoms with Crippen LogP contribution in [0.4, 0.5) is 0 Å². The van der Waals surface area contributed by atoms with Gasteiger partial charge in [-0.15, -0.1) is 0 Å². The average Bonchev–Trinajstić information content (AvgIpc) is 2.46. The Balaban J connectivity index is 1.81. The molecule has 114 valence electrons. The van der Waals surface area contributed by atoms with Gasteiger partial charge in [-0.05, 0) is 58.7 Å². The summed E-state index contributed by atoms with van der Waals surface area (Å²) in [7, 11) is 3.82. The lowest BCUT2D eigenvalue weighted by molar-refractivity contribution is 0.0397. The highest BCUT2D eigenvalue weighted by Crippen LogP contribution is 2.13.